The molecule has 42 heavy (non-hydrogen) atoms. The zero-order valence-corrected chi connectivity index (χ0v) is 23.8. The highest BCUT2D eigenvalue weighted by Gasteiger charge is 2.38. The molecule has 2 fully saturated rings. The second-order valence-electron chi connectivity index (χ2n) is 10.6. The summed E-state index contributed by atoms with van der Waals surface area (Å²) in [6.45, 7) is 4.94. The van der Waals surface area contributed by atoms with E-state index in [1.165, 1.54) is 0 Å². The number of hydrogen-bond donors (Lipinski definition) is 0. The normalized spacial score (nSPS) is 22.5. The van der Waals surface area contributed by atoms with E-state index < -0.39 is 52.9 Å². The summed E-state index contributed by atoms with van der Waals surface area (Å²) in [6.07, 6.45) is 6.18. The van der Waals surface area contributed by atoms with Crippen LogP contribution in [0.1, 0.15) is 87.9 Å². The highest BCUT2D eigenvalue weighted by Crippen LogP contribution is 2.38. The van der Waals surface area contributed by atoms with Gasteiger partial charge in [0.2, 0.25) is 0 Å². The van der Waals surface area contributed by atoms with Gasteiger partial charge >= 0.3 is 5.97 Å². The van der Waals surface area contributed by atoms with E-state index >= 15 is 17.6 Å². The molecule has 0 saturated carbocycles. The van der Waals surface area contributed by atoms with Crippen molar-refractivity contribution in [1.82, 2.24) is 0 Å². The Morgan fingerprint density at radius 1 is 0.690 bits per heavy atom. The number of unbranched alkanes of at least 4 members (excludes halogenated alkanes) is 6. The van der Waals surface area contributed by atoms with Crippen LogP contribution in [0.25, 0.3) is 0 Å². The molecular weight excluding hydrogens is 564 g/mol. The predicted molar refractivity (Wildman–Crippen MR) is 142 cm³/mol. The fraction of sp³-hybridized carbons (Fsp3) is 0.667. The summed E-state index contributed by atoms with van der Waals surface area (Å²) < 4.78 is 91.6. The molecule has 1 aromatic rings. The molecule has 0 N–H and O–H groups in total. The van der Waals surface area contributed by atoms with Gasteiger partial charge in [-0.15, -0.1) is 0 Å². The zero-order valence-electron chi connectivity index (χ0n) is 23.8. The Morgan fingerprint density at radius 2 is 1.10 bits per heavy atom. The molecule has 1 aromatic carbocycles. The molecule has 2 saturated heterocycles. The van der Waals surface area contributed by atoms with Gasteiger partial charge in [0.05, 0.1) is 50.8 Å². The first-order valence-corrected chi connectivity index (χ1v) is 14.5. The molecule has 236 valence electrons. The minimum atomic E-state index is -1.60. The van der Waals surface area contributed by atoms with Gasteiger partial charge in [-0.2, -0.15) is 0 Å². The number of benzene rings is 1. The van der Waals surface area contributed by atoms with Crippen LogP contribution in [-0.2, 0) is 38.0 Å². The summed E-state index contributed by atoms with van der Waals surface area (Å²) in [7, 11) is 0. The third kappa shape index (κ3) is 10.0. The molecule has 12 heteroatoms. The minimum Gasteiger partial charge on any atom is -0.468 e. The Morgan fingerprint density at radius 3 is 1.50 bits per heavy atom. The number of halogens is 4. The first-order valence-electron chi connectivity index (χ1n) is 14.5. The van der Waals surface area contributed by atoms with Gasteiger partial charge < -0.3 is 28.4 Å². The molecule has 2 aliphatic heterocycles. The van der Waals surface area contributed by atoms with Crippen LogP contribution >= 0.6 is 0 Å². The Labute approximate surface area is 243 Å². The lowest BCUT2D eigenvalue weighted by Crippen LogP contribution is -2.31. The van der Waals surface area contributed by atoms with Gasteiger partial charge in [0.15, 0.2) is 35.8 Å². The van der Waals surface area contributed by atoms with Crippen LogP contribution in [0.5, 0.6) is 0 Å². The lowest BCUT2D eigenvalue weighted by atomic mass is 10.0. The van der Waals surface area contributed by atoms with Crippen LogP contribution in [0.2, 0.25) is 0 Å². The molecule has 0 unspecified atom stereocenters. The molecule has 0 aromatic heterocycles. The number of carbonyl (C=O) groups excluding carboxylic acids is 2. The maximum atomic E-state index is 15.0. The molecule has 0 spiro atoms. The van der Waals surface area contributed by atoms with Gasteiger partial charge in [-0.25, -0.2) is 22.4 Å². The number of rotatable bonds is 18. The second-order valence-corrected chi connectivity index (χ2v) is 10.6. The fourth-order valence-corrected chi connectivity index (χ4v) is 4.97. The number of carbonyl (C=O) groups is 2. The molecule has 2 aliphatic rings. The summed E-state index contributed by atoms with van der Waals surface area (Å²) in [4.78, 5) is 21.1. The van der Waals surface area contributed by atoms with Gasteiger partial charge in [-0.1, -0.05) is 45.1 Å². The third-order valence-electron chi connectivity index (χ3n) is 7.35. The van der Waals surface area contributed by atoms with Crippen molar-refractivity contribution in [3.8, 4) is 0 Å². The first kappa shape index (κ1) is 34.0. The van der Waals surface area contributed by atoms with Crippen molar-refractivity contribution in [3.05, 3.63) is 47.1 Å². The summed E-state index contributed by atoms with van der Waals surface area (Å²) in [6, 6.07) is 0. The zero-order chi connectivity index (χ0) is 30.3. The highest BCUT2D eigenvalue weighted by atomic mass is 19.2. The summed E-state index contributed by atoms with van der Waals surface area (Å²) in [5.41, 5.74) is -1.90. The molecule has 2 heterocycles. The molecule has 8 nitrogen and oxygen atoms in total. The summed E-state index contributed by atoms with van der Waals surface area (Å²) in [5.74, 6) is -6.91. The molecule has 3 rings (SSSR count). The fourth-order valence-electron chi connectivity index (χ4n) is 4.97. The topological polar surface area (TPSA) is 89.5 Å². The van der Waals surface area contributed by atoms with Gasteiger partial charge in [0.25, 0.3) is 6.47 Å². The smallest absolute Gasteiger partial charge is 0.330 e. The third-order valence-corrected chi connectivity index (χ3v) is 7.35. The van der Waals surface area contributed by atoms with E-state index in [0.29, 0.717) is 19.7 Å². The highest BCUT2D eigenvalue weighted by molar-refractivity contribution is 5.81. The SMILES string of the molecule is C=CC(=O)OCCCCCCC1COC(c2c(F)c(F)c(C3OCC(CCCCCCOC=O)CO3)c(F)c2F)OC1. The van der Waals surface area contributed by atoms with Crippen molar-refractivity contribution in [2.75, 3.05) is 39.6 Å². The van der Waals surface area contributed by atoms with Crippen LogP contribution in [-0.4, -0.2) is 52.1 Å². The van der Waals surface area contributed by atoms with E-state index in [1.807, 2.05) is 0 Å². The average Bonchev–Trinajstić information content (AvgIpc) is 3.00. The molecule has 0 amide bonds. The van der Waals surface area contributed by atoms with E-state index in [0.717, 1.165) is 70.3 Å². The van der Waals surface area contributed by atoms with Crippen LogP contribution in [0.4, 0.5) is 17.6 Å². The quantitative estimate of drug-likeness (QED) is 0.0477. The second kappa shape index (κ2) is 18.2. The lowest BCUT2D eigenvalue weighted by molar-refractivity contribution is -0.212. The maximum Gasteiger partial charge on any atom is 0.330 e. The van der Waals surface area contributed by atoms with Gasteiger partial charge in [0, 0.05) is 17.9 Å². The minimum absolute atomic E-state index is 0.0217. The standard InChI is InChI=1S/C30H40F4O8/c1-2-22(36)38-14-10-6-4-8-12-21-17-41-30(42-18-21)24-27(33)25(31)23(26(32)28(24)34)29-39-15-20(16-40-29)11-7-3-5-9-13-37-19-35/h2,19-21,29-30H,1,3-18H2. The van der Waals surface area contributed by atoms with E-state index in [-0.39, 0.29) is 38.3 Å². The van der Waals surface area contributed by atoms with Gasteiger partial charge in [-0.05, 0) is 25.7 Å². The van der Waals surface area contributed by atoms with Gasteiger partial charge in [-0.3, -0.25) is 4.79 Å². The van der Waals surface area contributed by atoms with E-state index in [4.69, 9.17) is 23.7 Å². The summed E-state index contributed by atoms with van der Waals surface area (Å²) in [5, 5.41) is 0. The van der Waals surface area contributed by atoms with E-state index in [2.05, 4.69) is 11.3 Å². The Balaban J connectivity index is 1.43. The molecule has 0 aliphatic carbocycles. The largest absolute Gasteiger partial charge is 0.468 e. The Kier molecular flexibility index (Phi) is 14.7. The van der Waals surface area contributed by atoms with Crippen LogP contribution in [0.3, 0.4) is 0 Å². The van der Waals surface area contributed by atoms with Crippen molar-refractivity contribution >= 4 is 12.4 Å². The average molecular weight is 605 g/mol. The number of esters is 1. The number of ether oxygens (including phenoxy) is 6. The van der Waals surface area contributed by atoms with Crippen molar-refractivity contribution in [2.24, 2.45) is 11.8 Å². The monoisotopic (exact) mass is 604 g/mol. The lowest BCUT2D eigenvalue weighted by Gasteiger charge is -2.32. The van der Waals surface area contributed by atoms with Crippen molar-refractivity contribution in [1.29, 1.82) is 0 Å². The molecule has 0 radical (unpaired) electrons. The predicted octanol–water partition coefficient (Wildman–Crippen LogP) is 6.37. The molecule has 0 bridgehead atoms. The number of hydrogen-bond acceptors (Lipinski definition) is 8. The van der Waals surface area contributed by atoms with Crippen LogP contribution in [0, 0.1) is 35.1 Å². The maximum absolute atomic E-state index is 15.0. The van der Waals surface area contributed by atoms with Gasteiger partial charge in [0.1, 0.15) is 0 Å². The van der Waals surface area contributed by atoms with Crippen molar-refractivity contribution in [2.45, 2.75) is 76.8 Å². The Bertz CT molecular complexity index is 979. The van der Waals surface area contributed by atoms with Crippen LogP contribution in [0.15, 0.2) is 12.7 Å². The van der Waals surface area contributed by atoms with E-state index in [1.54, 1.807) is 0 Å². The van der Waals surface area contributed by atoms with Crippen molar-refractivity contribution < 1.29 is 55.6 Å². The molecule has 0 atom stereocenters. The van der Waals surface area contributed by atoms with Crippen molar-refractivity contribution in [3.63, 3.8) is 0 Å². The first-order chi connectivity index (χ1) is 20.4. The Hall–Kier alpha value is -2.54. The summed E-state index contributed by atoms with van der Waals surface area (Å²) >= 11 is 0. The van der Waals surface area contributed by atoms with E-state index in [9.17, 15) is 9.59 Å². The van der Waals surface area contributed by atoms with Crippen LogP contribution < -0.4 is 0 Å². The molecular formula is C30H40F4O8.